The molecule has 0 bridgehead atoms. The Bertz CT molecular complexity index is 1430. The van der Waals surface area contributed by atoms with Crippen LogP contribution in [-0.2, 0) is 17.3 Å². The molecule has 9 heteroatoms. The molecule has 3 N–H and O–H groups in total. The molecule has 0 saturated carbocycles. The normalized spacial score (nSPS) is 13.0. The third-order valence-corrected chi connectivity index (χ3v) is 12.9. The summed E-state index contributed by atoms with van der Waals surface area (Å²) in [4.78, 5) is 23.3. The van der Waals surface area contributed by atoms with Crippen molar-refractivity contribution in [3.63, 3.8) is 0 Å². The minimum Gasteiger partial charge on any atom is -0.494 e. The van der Waals surface area contributed by atoms with E-state index in [1.165, 1.54) is 17.5 Å². The van der Waals surface area contributed by atoms with Crippen molar-refractivity contribution in [3.05, 3.63) is 82.5 Å². The van der Waals surface area contributed by atoms with Crippen LogP contribution in [0.1, 0.15) is 60.9 Å². The van der Waals surface area contributed by atoms with E-state index in [2.05, 4.69) is 85.3 Å². The zero-order valence-corrected chi connectivity index (χ0v) is 26.8. The molecule has 0 fully saturated rings. The predicted octanol–water partition coefficient (Wildman–Crippen LogP) is 7.62. The molecule has 2 aromatic carbocycles. The quantitative estimate of drug-likeness (QED) is 0.110. The number of hydrogen-bond acceptors (Lipinski definition) is 4. The van der Waals surface area contributed by atoms with Gasteiger partial charge in [0.2, 0.25) is 0 Å². The maximum atomic E-state index is 12.9. The van der Waals surface area contributed by atoms with Crippen LogP contribution in [0, 0.1) is 6.92 Å². The maximum absolute atomic E-state index is 12.9. The van der Waals surface area contributed by atoms with Crippen LogP contribution in [0.5, 0.6) is 5.75 Å². The van der Waals surface area contributed by atoms with E-state index >= 15 is 0 Å². The number of ether oxygens (including phenoxy) is 1. The number of nitrogens with zero attached hydrogens (tertiary/aromatic N) is 1. The molecule has 2 heterocycles. The van der Waals surface area contributed by atoms with Crippen molar-refractivity contribution in [2.45, 2.75) is 77.6 Å². The number of aromatic amines is 2. The van der Waals surface area contributed by atoms with Crippen LogP contribution in [-0.4, -0.2) is 48.4 Å². The molecule has 0 saturated heterocycles. The Morgan fingerprint density at radius 1 is 1.12 bits per heavy atom. The molecule has 7 nitrogen and oxygen atoms in total. The zero-order valence-electron chi connectivity index (χ0n) is 25.1. The largest absolute Gasteiger partial charge is 0.494 e. The highest BCUT2D eigenvalue weighted by molar-refractivity contribution is 6.74. The molecule has 4 aromatic rings. The second kappa shape index (κ2) is 13.3. The van der Waals surface area contributed by atoms with Crippen LogP contribution in [0.15, 0.2) is 55.0 Å². The lowest BCUT2D eigenvalue weighted by Gasteiger charge is -2.37. The summed E-state index contributed by atoms with van der Waals surface area (Å²) in [5.41, 5.74) is 5.15. The number of aromatic nitrogens is 3. The average molecular weight is 595 g/mol. The Kier molecular flexibility index (Phi) is 9.99. The predicted molar refractivity (Wildman–Crippen MR) is 170 cm³/mol. The van der Waals surface area contributed by atoms with Gasteiger partial charge in [0, 0.05) is 21.6 Å². The van der Waals surface area contributed by atoms with Crippen molar-refractivity contribution in [2.24, 2.45) is 0 Å². The molecule has 0 aliphatic rings. The summed E-state index contributed by atoms with van der Waals surface area (Å²) in [5.74, 6) is 0.690. The van der Waals surface area contributed by atoms with Crippen LogP contribution in [0.3, 0.4) is 0 Å². The van der Waals surface area contributed by atoms with Gasteiger partial charge >= 0.3 is 0 Å². The van der Waals surface area contributed by atoms with Gasteiger partial charge in [0.15, 0.2) is 8.32 Å². The van der Waals surface area contributed by atoms with E-state index in [1.54, 1.807) is 6.20 Å². The first-order chi connectivity index (χ1) is 19.4. The Labute approximate surface area is 249 Å². The number of H-pyrrole nitrogens is 2. The lowest BCUT2D eigenvalue weighted by molar-refractivity contribution is 0.0911. The maximum Gasteiger partial charge on any atom is 0.269 e. The number of benzene rings is 2. The molecular weight excluding hydrogens is 552 g/mol. The highest BCUT2D eigenvalue weighted by Crippen LogP contribution is 2.36. The van der Waals surface area contributed by atoms with Gasteiger partial charge in [-0.3, -0.25) is 4.79 Å². The Balaban J connectivity index is 1.42. The van der Waals surface area contributed by atoms with Gasteiger partial charge in [-0.25, -0.2) is 4.98 Å². The van der Waals surface area contributed by atoms with Crippen LogP contribution >= 0.6 is 11.6 Å². The number of fused-ring (bicyclic) bond motifs is 1. The van der Waals surface area contributed by atoms with Crippen LogP contribution < -0.4 is 10.1 Å². The molecule has 4 rings (SSSR count). The van der Waals surface area contributed by atoms with Gasteiger partial charge in [0.25, 0.3) is 5.91 Å². The molecule has 2 aromatic heterocycles. The van der Waals surface area contributed by atoms with E-state index in [1.807, 2.05) is 18.2 Å². The third-order valence-electron chi connectivity index (χ3n) is 8.16. The molecular formula is C32H43ClN4O3Si. The number of aryl methyl sites for hydroxylation is 3. The molecule has 0 spiro atoms. The molecule has 0 aliphatic heterocycles. The lowest BCUT2D eigenvalue weighted by Crippen LogP contribution is -2.46. The fraction of sp³-hybridized carbons (Fsp3) is 0.438. The number of imidazole rings is 1. The first-order valence-electron chi connectivity index (χ1n) is 14.3. The second-order valence-corrected chi connectivity index (χ2v) is 17.5. The number of nitrogens with one attached hydrogen (secondary N) is 3. The second-order valence-electron chi connectivity index (χ2n) is 12.3. The van der Waals surface area contributed by atoms with E-state index in [0.29, 0.717) is 18.9 Å². The Morgan fingerprint density at radius 3 is 2.56 bits per heavy atom. The van der Waals surface area contributed by atoms with Gasteiger partial charge in [-0.1, -0.05) is 44.5 Å². The van der Waals surface area contributed by atoms with Gasteiger partial charge in [-0.2, -0.15) is 0 Å². The van der Waals surface area contributed by atoms with Crippen molar-refractivity contribution in [2.75, 3.05) is 13.2 Å². The first kappa shape index (κ1) is 30.9. The third kappa shape index (κ3) is 8.24. The number of amides is 1. The van der Waals surface area contributed by atoms with Crippen LogP contribution in [0.4, 0.5) is 0 Å². The smallest absolute Gasteiger partial charge is 0.269 e. The fourth-order valence-corrected chi connectivity index (χ4v) is 5.75. The van der Waals surface area contributed by atoms with Gasteiger partial charge in [0.1, 0.15) is 11.4 Å². The minimum atomic E-state index is -1.98. The summed E-state index contributed by atoms with van der Waals surface area (Å²) < 4.78 is 12.7. The molecule has 1 atom stereocenters. The van der Waals surface area contributed by atoms with Gasteiger partial charge in [0.05, 0.1) is 31.8 Å². The lowest BCUT2D eigenvalue weighted by atomic mass is 10.0. The van der Waals surface area contributed by atoms with Gasteiger partial charge in [-0.15, -0.1) is 0 Å². The number of hydrogen-bond donors (Lipinski definition) is 3. The van der Waals surface area contributed by atoms with Crippen molar-refractivity contribution in [1.29, 1.82) is 0 Å². The highest BCUT2D eigenvalue weighted by Gasteiger charge is 2.37. The molecule has 0 radical (unpaired) electrons. The summed E-state index contributed by atoms with van der Waals surface area (Å²) in [5, 5.41) is 5.18. The monoisotopic (exact) mass is 594 g/mol. The summed E-state index contributed by atoms with van der Waals surface area (Å²) in [6.45, 7) is 14.4. The van der Waals surface area contributed by atoms with Crippen molar-refractivity contribution in [1.82, 2.24) is 20.3 Å². The molecule has 220 valence electrons. The molecule has 41 heavy (non-hydrogen) atoms. The summed E-state index contributed by atoms with van der Waals surface area (Å²) >= 11 is 5.99. The van der Waals surface area contributed by atoms with Crippen LogP contribution in [0.2, 0.25) is 23.2 Å². The Hall–Kier alpha value is -3.07. The minimum absolute atomic E-state index is 0.0869. The van der Waals surface area contributed by atoms with Gasteiger partial charge < -0.3 is 24.4 Å². The first-order valence-corrected chi connectivity index (χ1v) is 17.6. The molecule has 1 amide bonds. The van der Waals surface area contributed by atoms with E-state index in [0.717, 1.165) is 53.1 Å². The SMILES string of the molecule is Cc1[nH]c2ccc(OCCCc3ccc(Cl)cc3)cc2c1CC[C@H](CO[Si](C)(C)C(C)(C)C)NC(=O)c1cnc[nH]1. The van der Waals surface area contributed by atoms with Gasteiger partial charge in [-0.05, 0) is 92.2 Å². The summed E-state index contributed by atoms with van der Waals surface area (Å²) in [6.07, 6.45) is 6.46. The number of halogens is 1. The highest BCUT2D eigenvalue weighted by atomic mass is 35.5. The van der Waals surface area contributed by atoms with E-state index in [-0.39, 0.29) is 17.0 Å². The molecule has 0 aliphatic carbocycles. The zero-order chi connectivity index (χ0) is 29.6. The van der Waals surface area contributed by atoms with Crippen LogP contribution in [0.25, 0.3) is 10.9 Å². The van der Waals surface area contributed by atoms with Crippen molar-refractivity contribution >= 4 is 36.7 Å². The summed E-state index contributed by atoms with van der Waals surface area (Å²) in [6, 6.07) is 14.1. The van der Waals surface area contributed by atoms with Crippen molar-refractivity contribution < 1.29 is 14.0 Å². The average Bonchev–Trinajstić information content (AvgIpc) is 3.56. The Morgan fingerprint density at radius 2 is 1.88 bits per heavy atom. The summed E-state index contributed by atoms with van der Waals surface area (Å²) in [7, 11) is -1.98. The topological polar surface area (TPSA) is 92.0 Å². The molecule has 0 unspecified atom stereocenters. The van der Waals surface area contributed by atoms with E-state index < -0.39 is 8.32 Å². The standard InChI is InChI=1S/C32H43ClN4O3Si/c1-22-27(15-13-25(20-40-41(5,6)32(2,3)4)37-31(38)30-19-34-21-35-30)28-18-26(14-16-29(28)36-22)39-17-7-8-23-9-11-24(33)12-10-23/h9-12,14,16,18-19,21,25,36H,7-8,13,15,17,20H2,1-6H3,(H,34,35)(H,37,38)/t25-/m1/s1. The fourth-order valence-electron chi connectivity index (χ4n) is 4.58. The number of carbonyl (C=O) groups is 1. The van der Waals surface area contributed by atoms with Crippen molar-refractivity contribution in [3.8, 4) is 5.75 Å². The number of carbonyl (C=O) groups excluding carboxylic acids is 1. The number of rotatable bonds is 13. The van der Waals surface area contributed by atoms with E-state index in [4.69, 9.17) is 20.8 Å². The van der Waals surface area contributed by atoms with E-state index in [9.17, 15) is 4.79 Å².